The Bertz CT molecular complexity index is 855. The number of hydrogen-bond donors (Lipinski definition) is 3. The number of carbonyl (C=O) groups excluding carboxylic acids is 1. The number of nitrogens with one attached hydrogen (secondary N) is 2. The zero-order chi connectivity index (χ0) is 18.8. The Hall–Kier alpha value is -2.67. The summed E-state index contributed by atoms with van der Waals surface area (Å²) in [4.78, 5) is 13.9. The molecule has 5 nitrogen and oxygen atoms in total. The number of benzene rings is 2. The highest BCUT2D eigenvalue weighted by Crippen LogP contribution is 2.36. The van der Waals surface area contributed by atoms with Gasteiger partial charge in [0.15, 0.2) is 5.11 Å². The molecule has 0 spiro atoms. The van der Waals surface area contributed by atoms with Crippen molar-refractivity contribution in [2.24, 2.45) is 5.92 Å². The van der Waals surface area contributed by atoms with Crippen LogP contribution in [0.4, 0.5) is 21.5 Å². The molecule has 1 amide bonds. The third-order valence-corrected chi connectivity index (χ3v) is 4.71. The molecular formula is C19H20FN3O2S. The van der Waals surface area contributed by atoms with Crippen LogP contribution in [0.25, 0.3) is 0 Å². The van der Waals surface area contributed by atoms with Crippen molar-refractivity contribution >= 4 is 40.3 Å². The van der Waals surface area contributed by atoms with Gasteiger partial charge in [0.1, 0.15) is 11.6 Å². The quantitative estimate of drug-likeness (QED) is 0.551. The van der Waals surface area contributed by atoms with Crippen LogP contribution < -0.4 is 15.5 Å². The Morgan fingerprint density at radius 1 is 1.27 bits per heavy atom. The van der Waals surface area contributed by atoms with E-state index in [1.165, 1.54) is 12.1 Å². The lowest BCUT2D eigenvalue weighted by atomic mass is 10.0. The van der Waals surface area contributed by atoms with E-state index in [0.29, 0.717) is 17.1 Å². The normalized spacial score (nSPS) is 16.7. The van der Waals surface area contributed by atoms with Gasteiger partial charge in [-0.15, -0.1) is 0 Å². The van der Waals surface area contributed by atoms with Crippen LogP contribution in [0.3, 0.4) is 0 Å². The fourth-order valence-corrected chi connectivity index (χ4v) is 3.23. The first-order valence-corrected chi connectivity index (χ1v) is 8.73. The van der Waals surface area contributed by atoms with Crippen molar-refractivity contribution in [2.75, 3.05) is 22.6 Å². The maximum atomic E-state index is 13.0. The summed E-state index contributed by atoms with van der Waals surface area (Å²) in [7, 11) is 1.72. The third kappa shape index (κ3) is 3.77. The van der Waals surface area contributed by atoms with Crippen LogP contribution in [0.5, 0.6) is 5.75 Å². The molecular weight excluding hydrogens is 353 g/mol. The number of phenols is 1. The fraction of sp³-hybridized carbons (Fsp3) is 0.263. The van der Waals surface area contributed by atoms with Gasteiger partial charge in [0.2, 0.25) is 5.91 Å². The van der Waals surface area contributed by atoms with Crippen LogP contribution in [-0.4, -0.2) is 23.2 Å². The summed E-state index contributed by atoms with van der Waals surface area (Å²) in [5.74, 6) is -0.351. The number of halogens is 1. The second-order valence-corrected chi connectivity index (χ2v) is 6.83. The molecule has 2 aromatic carbocycles. The molecule has 1 unspecified atom stereocenters. The van der Waals surface area contributed by atoms with E-state index in [1.807, 2.05) is 13.0 Å². The molecule has 0 saturated carbocycles. The largest absolute Gasteiger partial charge is 0.506 e. The van der Waals surface area contributed by atoms with Crippen LogP contribution in [0.1, 0.15) is 18.9 Å². The second-order valence-electron chi connectivity index (χ2n) is 6.42. The van der Waals surface area contributed by atoms with Crippen LogP contribution in [0, 0.1) is 11.7 Å². The SMILES string of the molecule is CC1CCc2cc(NC(=S)Nc3ccc(F)cc3)c(O)cc2N(C)C1=O. The van der Waals surface area contributed by atoms with E-state index in [9.17, 15) is 14.3 Å². The van der Waals surface area contributed by atoms with Gasteiger partial charge in [-0.2, -0.15) is 0 Å². The predicted molar refractivity (Wildman–Crippen MR) is 105 cm³/mol. The third-order valence-electron chi connectivity index (χ3n) is 4.51. The van der Waals surface area contributed by atoms with Crippen molar-refractivity contribution in [1.29, 1.82) is 0 Å². The van der Waals surface area contributed by atoms with E-state index in [1.54, 1.807) is 30.1 Å². The number of amides is 1. The number of aryl methyl sites for hydroxylation is 1. The van der Waals surface area contributed by atoms with E-state index >= 15 is 0 Å². The molecule has 0 fully saturated rings. The van der Waals surface area contributed by atoms with Gasteiger partial charge in [-0.3, -0.25) is 4.79 Å². The molecule has 0 radical (unpaired) electrons. The molecule has 0 aliphatic carbocycles. The fourth-order valence-electron chi connectivity index (χ4n) is 3.00. The van der Waals surface area contributed by atoms with Crippen molar-refractivity contribution in [1.82, 2.24) is 0 Å². The number of aromatic hydroxyl groups is 1. The number of fused-ring (bicyclic) bond motifs is 1. The Morgan fingerprint density at radius 2 is 1.96 bits per heavy atom. The van der Waals surface area contributed by atoms with Gasteiger partial charge in [0.25, 0.3) is 0 Å². The number of hydrogen-bond acceptors (Lipinski definition) is 3. The lowest BCUT2D eigenvalue weighted by Crippen LogP contribution is -2.30. The average Bonchev–Trinajstić information content (AvgIpc) is 2.70. The summed E-state index contributed by atoms with van der Waals surface area (Å²) in [5, 5.41) is 16.5. The lowest BCUT2D eigenvalue weighted by molar-refractivity contribution is -0.121. The van der Waals surface area contributed by atoms with E-state index in [0.717, 1.165) is 18.4 Å². The van der Waals surface area contributed by atoms with Gasteiger partial charge in [0, 0.05) is 24.7 Å². The molecule has 0 saturated heterocycles. The van der Waals surface area contributed by atoms with Crippen LogP contribution in [0.15, 0.2) is 36.4 Å². The lowest BCUT2D eigenvalue weighted by Gasteiger charge is -2.21. The summed E-state index contributed by atoms with van der Waals surface area (Å²) < 4.78 is 13.0. The first kappa shape index (κ1) is 18.1. The Labute approximate surface area is 156 Å². The molecule has 0 aromatic heterocycles. The van der Waals surface area contributed by atoms with Crippen molar-refractivity contribution in [3.8, 4) is 5.75 Å². The standard InChI is InChI=1S/C19H20FN3O2S/c1-11-3-4-12-9-15(17(24)10-16(12)23(2)18(11)25)22-19(26)21-14-7-5-13(20)6-8-14/h5-11,24H,3-4H2,1-2H3,(H2,21,22,26). The minimum absolute atomic E-state index is 0.00112. The Balaban J connectivity index is 1.80. The minimum atomic E-state index is -0.328. The molecule has 1 atom stereocenters. The van der Waals surface area contributed by atoms with Crippen molar-refractivity contribution in [2.45, 2.75) is 19.8 Å². The van der Waals surface area contributed by atoms with E-state index in [2.05, 4.69) is 10.6 Å². The van der Waals surface area contributed by atoms with Crippen molar-refractivity contribution < 1.29 is 14.3 Å². The van der Waals surface area contributed by atoms with E-state index in [-0.39, 0.29) is 28.5 Å². The zero-order valence-corrected chi connectivity index (χ0v) is 15.4. The Kier molecular flexibility index (Phi) is 5.08. The summed E-state index contributed by atoms with van der Waals surface area (Å²) in [6.45, 7) is 1.91. The van der Waals surface area contributed by atoms with Crippen LogP contribution in [-0.2, 0) is 11.2 Å². The number of anilines is 3. The second kappa shape index (κ2) is 7.29. The Morgan fingerprint density at radius 3 is 2.65 bits per heavy atom. The highest BCUT2D eigenvalue weighted by atomic mass is 32.1. The topological polar surface area (TPSA) is 64.6 Å². The number of thiocarbonyl (C=S) groups is 1. The van der Waals surface area contributed by atoms with Gasteiger partial charge in [-0.05, 0) is 61.0 Å². The smallest absolute Gasteiger partial charge is 0.229 e. The van der Waals surface area contributed by atoms with E-state index in [4.69, 9.17) is 12.2 Å². The number of rotatable bonds is 2. The van der Waals surface area contributed by atoms with Gasteiger partial charge < -0.3 is 20.6 Å². The first-order valence-electron chi connectivity index (χ1n) is 8.32. The molecule has 7 heteroatoms. The monoisotopic (exact) mass is 373 g/mol. The van der Waals surface area contributed by atoms with Crippen molar-refractivity contribution in [3.63, 3.8) is 0 Å². The first-order chi connectivity index (χ1) is 12.3. The highest BCUT2D eigenvalue weighted by Gasteiger charge is 2.26. The molecule has 26 heavy (non-hydrogen) atoms. The number of nitrogens with zero attached hydrogens (tertiary/aromatic N) is 1. The van der Waals surface area contributed by atoms with E-state index < -0.39 is 0 Å². The molecule has 1 aliphatic heterocycles. The molecule has 3 rings (SSSR count). The van der Waals surface area contributed by atoms with Gasteiger partial charge in [-0.25, -0.2) is 4.39 Å². The summed E-state index contributed by atoms with van der Waals surface area (Å²) in [5.41, 5.74) is 2.77. The highest BCUT2D eigenvalue weighted by molar-refractivity contribution is 7.80. The molecule has 136 valence electrons. The molecule has 3 N–H and O–H groups in total. The molecule has 1 aliphatic rings. The maximum absolute atomic E-state index is 13.0. The molecule has 0 bridgehead atoms. The van der Waals surface area contributed by atoms with Crippen LogP contribution >= 0.6 is 12.2 Å². The number of phenolic OH excluding ortho intramolecular Hbond substituents is 1. The molecule has 2 aromatic rings. The maximum Gasteiger partial charge on any atom is 0.229 e. The van der Waals surface area contributed by atoms with Crippen molar-refractivity contribution in [3.05, 3.63) is 47.8 Å². The summed E-state index contributed by atoms with van der Waals surface area (Å²) in [6, 6.07) is 9.20. The predicted octanol–water partition coefficient (Wildman–Crippen LogP) is 3.89. The zero-order valence-electron chi connectivity index (χ0n) is 14.5. The summed E-state index contributed by atoms with van der Waals surface area (Å²) >= 11 is 5.26. The van der Waals surface area contributed by atoms with Crippen LogP contribution in [0.2, 0.25) is 0 Å². The van der Waals surface area contributed by atoms with Gasteiger partial charge >= 0.3 is 0 Å². The van der Waals surface area contributed by atoms with Gasteiger partial charge in [0.05, 0.1) is 11.4 Å². The molecule has 1 heterocycles. The van der Waals surface area contributed by atoms with Gasteiger partial charge in [-0.1, -0.05) is 6.92 Å². The average molecular weight is 373 g/mol. The minimum Gasteiger partial charge on any atom is -0.506 e. The summed E-state index contributed by atoms with van der Waals surface area (Å²) in [6.07, 6.45) is 1.48. The number of carbonyl (C=O) groups is 1.